The van der Waals surface area contributed by atoms with Crippen LogP contribution in [0.3, 0.4) is 0 Å². The zero-order valence-corrected chi connectivity index (χ0v) is 23.1. The van der Waals surface area contributed by atoms with Gasteiger partial charge in [0, 0.05) is 25.2 Å². The second kappa shape index (κ2) is 11.5. The molecule has 6 nitrogen and oxygen atoms in total. The van der Waals surface area contributed by atoms with Crippen molar-refractivity contribution < 1.29 is 28.5 Å². The van der Waals surface area contributed by atoms with E-state index in [0.717, 1.165) is 30.4 Å². The summed E-state index contributed by atoms with van der Waals surface area (Å²) < 4.78 is 27.8. The van der Waals surface area contributed by atoms with E-state index in [0.29, 0.717) is 54.6 Å². The molecule has 36 heavy (non-hydrogen) atoms. The van der Waals surface area contributed by atoms with Gasteiger partial charge in [0.05, 0.1) is 20.3 Å². The number of methoxy groups -OCH3 is 3. The number of esters is 1. The second-order valence-corrected chi connectivity index (χ2v) is 11.8. The first-order chi connectivity index (χ1) is 17.3. The van der Waals surface area contributed by atoms with E-state index in [9.17, 15) is 4.79 Å². The Morgan fingerprint density at radius 2 is 1.78 bits per heavy atom. The van der Waals surface area contributed by atoms with Crippen molar-refractivity contribution in [3.63, 3.8) is 0 Å². The first-order valence-corrected chi connectivity index (χ1v) is 13.6. The third kappa shape index (κ3) is 4.75. The predicted octanol–water partition coefficient (Wildman–Crippen LogP) is 5.40. The van der Waals surface area contributed by atoms with Crippen LogP contribution in [-0.2, 0) is 28.5 Å². The second-order valence-electron chi connectivity index (χ2n) is 11.8. The summed E-state index contributed by atoms with van der Waals surface area (Å²) in [5, 5.41) is 0. The topological polar surface area (TPSA) is 63.2 Å². The Morgan fingerprint density at radius 1 is 1.08 bits per heavy atom. The van der Waals surface area contributed by atoms with Gasteiger partial charge < -0.3 is 23.7 Å². The number of rotatable bonds is 13. The van der Waals surface area contributed by atoms with Crippen LogP contribution in [0.2, 0.25) is 0 Å². The summed E-state index contributed by atoms with van der Waals surface area (Å²) in [6, 6.07) is 0. The minimum Gasteiger partial charge on any atom is -0.466 e. The van der Waals surface area contributed by atoms with E-state index in [2.05, 4.69) is 39.5 Å². The van der Waals surface area contributed by atoms with E-state index in [1.165, 1.54) is 19.1 Å². The molecule has 0 N–H and O–H groups in total. The molecule has 202 valence electrons. The predicted molar refractivity (Wildman–Crippen MR) is 139 cm³/mol. The number of carbonyl (C=O) groups is 1. The number of hydrogen-bond donors (Lipinski definition) is 0. The lowest BCUT2D eigenvalue weighted by atomic mass is 9.61. The fourth-order valence-corrected chi connectivity index (χ4v) is 8.39. The van der Waals surface area contributed by atoms with E-state index in [1.807, 2.05) is 0 Å². The summed E-state index contributed by atoms with van der Waals surface area (Å²) in [6.45, 7) is 12.7. The van der Waals surface area contributed by atoms with E-state index in [4.69, 9.17) is 23.7 Å². The standard InChI is InChI=1S/C30H46O6/c1-18(2)25-26-21-9-10-22(12-21)27(26)30(15-36-17-33-6,28(25)29(31)34-7)13-24-19(3)8-11-23(24)20(4)14-35-16-32-5/h9-10,18-19,21-24,26-27H,4,8,11-17H2,1-3,5-7H3/t19-,21-,22+,23+,24-,26+,27+,30+/m1/s1. The van der Waals surface area contributed by atoms with Gasteiger partial charge in [0.1, 0.15) is 13.6 Å². The van der Waals surface area contributed by atoms with Crippen LogP contribution in [0.25, 0.3) is 0 Å². The summed E-state index contributed by atoms with van der Waals surface area (Å²) in [4.78, 5) is 13.6. The van der Waals surface area contributed by atoms with E-state index < -0.39 is 5.41 Å². The Bertz CT molecular complexity index is 875. The van der Waals surface area contributed by atoms with Gasteiger partial charge in [-0.3, -0.25) is 0 Å². The lowest BCUT2D eigenvalue weighted by Crippen LogP contribution is -2.43. The quantitative estimate of drug-likeness (QED) is 0.145. The third-order valence-electron chi connectivity index (χ3n) is 9.61. The summed E-state index contributed by atoms with van der Waals surface area (Å²) >= 11 is 0. The fourth-order valence-electron chi connectivity index (χ4n) is 8.39. The number of allylic oxidation sites excluding steroid dienone is 3. The summed E-state index contributed by atoms with van der Waals surface area (Å²) in [6.07, 6.45) is 9.12. The average Bonchev–Trinajstić information content (AvgIpc) is 3.61. The van der Waals surface area contributed by atoms with Gasteiger partial charge in [-0.2, -0.15) is 0 Å². The lowest BCUT2D eigenvalue weighted by molar-refractivity contribution is -0.140. The maximum atomic E-state index is 13.6. The van der Waals surface area contributed by atoms with Gasteiger partial charge in [0.2, 0.25) is 0 Å². The van der Waals surface area contributed by atoms with Crippen molar-refractivity contribution in [2.75, 3.05) is 48.1 Å². The zero-order chi connectivity index (χ0) is 26.0. The summed E-state index contributed by atoms with van der Waals surface area (Å²) in [5.74, 6) is 3.06. The van der Waals surface area contributed by atoms with Crippen LogP contribution < -0.4 is 0 Å². The van der Waals surface area contributed by atoms with Crippen LogP contribution in [0, 0.1) is 52.8 Å². The minimum absolute atomic E-state index is 0.182. The normalized spacial score (nSPS) is 36.8. The van der Waals surface area contributed by atoms with Crippen molar-refractivity contribution >= 4 is 5.97 Å². The molecule has 0 unspecified atom stereocenters. The fraction of sp³-hybridized carbons (Fsp3) is 0.767. The lowest BCUT2D eigenvalue weighted by Gasteiger charge is -2.44. The summed E-state index contributed by atoms with van der Waals surface area (Å²) in [7, 11) is 4.81. The maximum absolute atomic E-state index is 13.6. The molecule has 4 aliphatic rings. The highest BCUT2D eigenvalue weighted by Crippen LogP contribution is 2.68. The highest BCUT2D eigenvalue weighted by atomic mass is 16.7. The minimum atomic E-state index is -0.407. The van der Waals surface area contributed by atoms with Crippen molar-refractivity contribution in [3.8, 4) is 0 Å². The number of hydrogen-bond acceptors (Lipinski definition) is 6. The molecule has 2 saturated carbocycles. The Hall–Kier alpha value is -1.47. The number of carbonyl (C=O) groups excluding carboxylic acids is 1. The molecule has 0 radical (unpaired) electrons. The molecular weight excluding hydrogens is 456 g/mol. The van der Waals surface area contributed by atoms with Gasteiger partial charge in [-0.05, 0) is 78.6 Å². The molecule has 0 aromatic rings. The zero-order valence-electron chi connectivity index (χ0n) is 23.1. The van der Waals surface area contributed by atoms with Crippen LogP contribution in [0.5, 0.6) is 0 Å². The first-order valence-electron chi connectivity index (χ1n) is 13.6. The highest BCUT2D eigenvalue weighted by molar-refractivity contribution is 5.92. The molecule has 0 spiro atoms. The van der Waals surface area contributed by atoms with Gasteiger partial charge >= 0.3 is 5.97 Å². The Balaban J connectivity index is 1.77. The molecule has 0 aliphatic heterocycles. The molecule has 0 saturated heterocycles. The van der Waals surface area contributed by atoms with Crippen LogP contribution in [0.1, 0.15) is 46.5 Å². The van der Waals surface area contributed by atoms with E-state index >= 15 is 0 Å². The Labute approximate surface area is 217 Å². The van der Waals surface area contributed by atoms with Crippen molar-refractivity contribution in [2.45, 2.75) is 46.5 Å². The van der Waals surface area contributed by atoms with Crippen molar-refractivity contribution in [2.24, 2.45) is 52.8 Å². The van der Waals surface area contributed by atoms with Crippen LogP contribution in [-0.4, -0.2) is 54.1 Å². The van der Waals surface area contributed by atoms with E-state index in [-0.39, 0.29) is 25.5 Å². The van der Waals surface area contributed by atoms with Crippen molar-refractivity contribution in [3.05, 3.63) is 35.5 Å². The van der Waals surface area contributed by atoms with E-state index in [1.54, 1.807) is 14.2 Å². The smallest absolute Gasteiger partial charge is 0.334 e. The van der Waals surface area contributed by atoms with Crippen LogP contribution in [0.15, 0.2) is 35.5 Å². The van der Waals surface area contributed by atoms with Crippen molar-refractivity contribution in [1.82, 2.24) is 0 Å². The van der Waals surface area contributed by atoms with Gasteiger partial charge in [-0.1, -0.05) is 45.1 Å². The molecule has 4 rings (SSSR count). The van der Waals surface area contributed by atoms with Gasteiger partial charge in [0.15, 0.2) is 0 Å². The van der Waals surface area contributed by atoms with Crippen molar-refractivity contribution in [1.29, 1.82) is 0 Å². The molecule has 4 aliphatic carbocycles. The number of ether oxygens (including phenoxy) is 5. The maximum Gasteiger partial charge on any atom is 0.334 e. The largest absolute Gasteiger partial charge is 0.466 e. The van der Waals surface area contributed by atoms with Crippen LogP contribution in [0.4, 0.5) is 0 Å². The molecule has 6 heteroatoms. The molecular formula is C30H46O6. The molecule has 0 amide bonds. The molecule has 0 aromatic heterocycles. The summed E-state index contributed by atoms with van der Waals surface area (Å²) in [5.41, 5.74) is 2.91. The molecule has 0 aromatic carbocycles. The molecule has 2 bridgehead atoms. The molecule has 2 fully saturated rings. The highest BCUT2D eigenvalue weighted by Gasteiger charge is 2.65. The SMILES string of the molecule is C=C(COCOC)[C@@H]1CC[C@@H](C)[C@H]1C[C@@]1(COCOC)C(C(=O)OC)=C(C(C)C)[C@H]2[C@@H]1[C@H]1C=C[C@@H]2C1. The monoisotopic (exact) mass is 502 g/mol. The number of fused-ring (bicyclic) bond motifs is 5. The van der Waals surface area contributed by atoms with Gasteiger partial charge in [-0.25, -0.2) is 4.79 Å². The third-order valence-corrected chi connectivity index (χ3v) is 9.61. The first kappa shape index (κ1) is 27.6. The average molecular weight is 503 g/mol. The van der Waals surface area contributed by atoms with Crippen LogP contribution >= 0.6 is 0 Å². The molecule has 8 atom stereocenters. The molecule has 0 heterocycles. The Morgan fingerprint density at radius 3 is 2.44 bits per heavy atom. The Kier molecular flexibility index (Phi) is 8.81. The van der Waals surface area contributed by atoms with Gasteiger partial charge in [0.25, 0.3) is 0 Å². The van der Waals surface area contributed by atoms with Gasteiger partial charge in [-0.15, -0.1) is 0 Å².